The molecule has 1 aliphatic heterocycles. The van der Waals surface area contributed by atoms with Gasteiger partial charge in [-0.3, -0.25) is 4.79 Å². The minimum absolute atomic E-state index is 0.00810. The van der Waals surface area contributed by atoms with Gasteiger partial charge < -0.3 is 4.90 Å². The van der Waals surface area contributed by atoms with E-state index >= 15 is 0 Å². The Bertz CT molecular complexity index is 971. The lowest BCUT2D eigenvalue weighted by atomic mass is 10.1. The van der Waals surface area contributed by atoms with Gasteiger partial charge in [0.1, 0.15) is 11.5 Å². The molecule has 1 saturated heterocycles. The van der Waals surface area contributed by atoms with Gasteiger partial charge in [0, 0.05) is 25.4 Å². The van der Waals surface area contributed by atoms with E-state index in [-0.39, 0.29) is 23.5 Å². The molecule has 1 aromatic heterocycles. The van der Waals surface area contributed by atoms with Crippen LogP contribution < -0.4 is 0 Å². The summed E-state index contributed by atoms with van der Waals surface area (Å²) in [6, 6.07) is 4.26. The molecular weight excluding hydrogens is 425 g/mol. The fourth-order valence-electron chi connectivity index (χ4n) is 2.79. The standard InChI is InChI=1S/C17H17BrFN3O3S/c1-21(14-6-7-26(24,25)11-14)17(23)5-3-12-2-4-16(15(19)8-12)22-10-13(18)9-20-22/h2-5,8-10,14H,6-7,11H2,1H3/b5-3+. The number of hydrogen-bond donors (Lipinski definition) is 0. The molecule has 2 aromatic rings. The van der Waals surface area contributed by atoms with Crippen molar-refractivity contribution in [2.75, 3.05) is 18.6 Å². The van der Waals surface area contributed by atoms with Crippen molar-refractivity contribution in [3.05, 3.63) is 52.5 Å². The van der Waals surface area contributed by atoms with Crippen LogP contribution in [0, 0.1) is 5.82 Å². The summed E-state index contributed by atoms with van der Waals surface area (Å²) < 4.78 is 39.5. The molecule has 1 amide bonds. The van der Waals surface area contributed by atoms with E-state index in [4.69, 9.17) is 0 Å². The first-order chi connectivity index (χ1) is 12.2. The van der Waals surface area contributed by atoms with Gasteiger partial charge in [0.05, 0.1) is 22.2 Å². The lowest BCUT2D eigenvalue weighted by Crippen LogP contribution is -2.36. The summed E-state index contributed by atoms with van der Waals surface area (Å²) in [5.74, 6) is -0.681. The second-order valence-corrected chi connectivity index (χ2v) is 9.30. The molecular formula is C17H17BrFN3O3S. The van der Waals surface area contributed by atoms with E-state index in [1.54, 1.807) is 31.6 Å². The maximum atomic E-state index is 14.3. The van der Waals surface area contributed by atoms with Crippen molar-refractivity contribution >= 4 is 37.8 Å². The van der Waals surface area contributed by atoms with E-state index in [1.807, 2.05) is 0 Å². The van der Waals surface area contributed by atoms with Gasteiger partial charge in [-0.1, -0.05) is 6.07 Å². The second kappa shape index (κ2) is 7.32. The molecule has 2 heterocycles. The number of carbonyl (C=O) groups excluding carboxylic acids is 1. The first kappa shape index (κ1) is 18.8. The van der Waals surface area contributed by atoms with E-state index in [2.05, 4.69) is 21.0 Å². The monoisotopic (exact) mass is 441 g/mol. The predicted molar refractivity (Wildman–Crippen MR) is 100 cm³/mol. The van der Waals surface area contributed by atoms with E-state index in [9.17, 15) is 17.6 Å². The molecule has 9 heteroatoms. The summed E-state index contributed by atoms with van der Waals surface area (Å²) in [7, 11) is -1.47. The number of benzene rings is 1. The van der Waals surface area contributed by atoms with Crippen LogP contribution >= 0.6 is 15.9 Å². The fourth-order valence-corrected chi connectivity index (χ4v) is 4.85. The summed E-state index contributed by atoms with van der Waals surface area (Å²) in [6.07, 6.45) is 6.48. The van der Waals surface area contributed by atoms with E-state index in [1.165, 1.54) is 27.8 Å². The Morgan fingerprint density at radius 1 is 1.46 bits per heavy atom. The molecule has 3 rings (SSSR count). The van der Waals surface area contributed by atoms with Crippen LogP contribution in [0.3, 0.4) is 0 Å². The number of likely N-dealkylation sites (N-methyl/N-ethyl adjacent to an activating group) is 1. The first-order valence-corrected chi connectivity index (χ1v) is 10.5. The van der Waals surface area contributed by atoms with Gasteiger partial charge in [-0.2, -0.15) is 5.10 Å². The zero-order valence-electron chi connectivity index (χ0n) is 14.0. The topological polar surface area (TPSA) is 72.3 Å². The van der Waals surface area contributed by atoms with Gasteiger partial charge in [-0.15, -0.1) is 0 Å². The van der Waals surface area contributed by atoms with Crippen LogP contribution in [-0.4, -0.2) is 53.6 Å². The molecule has 1 fully saturated rings. The van der Waals surface area contributed by atoms with Crippen LogP contribution in [0.15, 0.2) is 41.1 Å². The highest BCUT2D eigenvalue weighted by atomic mass is 79.9. The number of hydrogen-bond acceptors (Lipinski definition) is 4. The average molecular weight is 442 g/mol. The smallest absolute Gasteiger partial charge is 0.246 e. The molecule has 1 unspecified atom stereocenters. The second-order valence-electron chi connectivity index (χ2n) is 6.15. The van der Waals surface area contributed by atoms with Crippen molar-refractivity contribution in [1.82, 2.24) is 14.7 Å². The van der Waals surface area contributed by atoms with E-state index in [0.29, 0.717) is 17.7 Å². The highest BCUT2D eigenvalue weighted by Gasteiger charge is 2.32. The molecule has 0 aliphatic carbocycles. The minimum Gasteiger partial charge on any atom is -0.338 e. The van der Waals surface area contributed by atoms with E-state index in [0.717, 1.165) is 4.47 Å². The summed E-state index contributed by atoms with van der Waals surface area (Å²) in [6.45, 7) is 0. The maximum Gasteiger partial charge on any atom is 0.246 e. The lowest BCUT2D eigenvalue weighted by Gasteiger charge is -2.21. The maximum absolute atomic E-state index is 14.3. The Morgan fingerprint density at radius 2 is 2.23 bits per heavy atom. The Balaban J connectivity index is 1.70. The van der Waals surface area contributed by atoms with E-state index < -0.39 is 15.7 Å². The Kier molecular flexibility index (Phi) is 5.29. The van der Waals surface area contributed by atoms with Crippen molar-refractivity contribution < 1.29 is 17.6 Å². The normalized spacial score (nSPS) is 19.1. The van der Waals surface area contributed by atoms with Crippen molar-refractivity contribution in [3.63, 3.8) is 0 Å². The third-order valence-corrected chi connectivity index (χ3v) is 6.45. The van der Waals surface area contributed by atoms with Crippen LogP contribution in [-0.2, 0) is 14.6 Å². The van der Waals surface area contributed by atoms with Crippen LogP contribution in [0.2, 0.25) is 0 Å². The molecule has 0 radical (unpaired) electrons. The van der Waals surface area contributed by atoms with Crippen LogP contribution in [0.5, 0.6) is 0 Å². The third-order valence-electron chi connectivity index (χ3n) is 4.29. The van der Waals surface area contributed by atoms with Crippen LogP contribution in [0.25, 0.3) is 11.8 Å². The zero-order valence-corrected chi connectivity index (χ0v) is 16.4. The summed E-state index contributed by atoms with van der Waals surface area (Å²) >= 11 is 3.26. The largest absolute Gasteiger partial charge is 0.338 e. The summed E-state index contributed by atoms with van der Waals surface area (Å²) in [5.41, 5.74) is 0.825. The van der Waals surface area contributed by atoms with Crippen molar-refractivity contribution in [3.8, 4) is 5.69 Å². The Labute approximate surface area is 159 Å². The SMILES string of the molecule is CN(C(=O)/C=C/c1ccc(-n2cc(Br)cn2)c(F)c1)C1CCS(=O)(=O)C1. The number of aromatic nitrogens is 2. The average Bonchev–Trinajstić information content (AvgIpc) is 3.17. The number of carbonyl (C=O) groups is 1. The van der Waals surface area contributed by atoms with Gasteiger partial charge in [-0.05, 0) is 46.1 Å². The number of halogens is 2. The van der Waals surface area contributed by atoms with Gasteiger partial charge >= 0.3 is 0 Å². The lowest BCUT2D eigenvalue weighted by molar-refractivity contribution is -0.126. The Hall–Kier alpha value is -2.00. The molecule has 0 bridgehead atoms. The Morgan fingerprint density at radius 3 is 2.81 bits per heavy atom. The summed E-state index contributed by atoms with van der Waals surface area (Å²) in [4.78, 5) is 13.6. The molecule has 1 aliphatic rings. The highest BCUT2D eigenvalue weighted by Crippen LogP contribution is 2.19. The van der Waals surface area contributed by atoms with Crippen molar-refractivity contribution in [2.45, 2.75) is 12.5 Å². The van der Waals surface area contributed by atoms with Gasteiger partial charge in [0.2, 0.25) is 5.91 Å². The van der Waals surface area contributed by atoms with Crippen LogP contribution in [0.4, 0.5) is 4.39 Å². The molecule has 0 saturated carbocycles. The molecule has 6 nitrogen and oxygen atoms in total. The van der Waals surface area contributed by atoms with Gasteiger partial charge in [0.25, 0.3) is 0 Å². The quantitative estimate of drug-likeness (QED) is 0.682. The first-order valence-electron chi connectivity index (χ1n) is 7.90. The molecule has 1 atom stereocenters. The van der Waals surface area contributed by atoms with Crippen molar-refractivity contribution in [1.29, 1.82) is 0 Å². The van der Waals surface area contributed by atoms with Crippen molar-refractivity contribution in [2.24, 2.45) is 0 Å². The molecule has 0 N–H and O–H groups in total. The number of rotatable bonds is 4. The third kappa shape index (κ3) is 4.21. The number of amides is 1. The molecule has 0 spiro atoms. The van der Waals surface area contributed by atoms with Gasteiger partial charge in [0.15, 0.2) is 9.84 Å². The number of nitrogens with zero attached hydrogens (tertiary/aromatic N) is 3. The zero-order chi connectivity index (χ0) is 18.9. The predicted octanol–water partition coefficient (Wildman–Crippen LogP) is 2.43. The molecule has 26 heavy (non-hydrogen) atoms. The molecule has 138 valence electrons. The molecule has 1 aromatic carbocycles. The van der Waals surface area contributed by atoms with Crippen LogP contribution in [0.1, 0.15) is 12.0 Å². The summed E-state index contributed by atoms with van der Waals surface area (Å²) in [5, 5.41) is 4.03. The minimum atomic E-state index is -3.06. The number of sulfone groups is 1. The fraction of sp³-hybridized carbons (Fsp3) is 0.294. The highest BCUT2D eigenvalue weighted by molar-refractivity contribution is 9.10. The van der Waals surface area contributed by atoms with Gasteiger partial charge in [-0.25, -0.2) is 17.5 Å².